The van der Waals surface area contributed by atoms with Gasteiger partial charge in [-0.3, -0.25) is 14.3 Å². The summed E-state index contributed by atoms with van der Waals surface area (Å²) in [7, 11) is -3.38. The summed E-state index contributed by atoms with van der Waals surface area (Å²) in [6.07, 6.45) is 0.233. The molecule has 2 aromatic rings. The molecular formula is C19H21N3O5S. The lowest BCUT2D eigenvalue weighted by molar-refractivity contribution is -0.128. The van der Waals surface area contributed by atoms with E-state index in [0.29, 0.717) is 17.1 Å². The van der Waals surface area contributed by atoms with E-state index in [0.717, 1.165) is 11.8 Å². The van der Waals surface area contributed by atoms with Crippen molar-refractivity contribution < 1.29 is 22.7 Å². The summed E-state index contributed by atoms with van der Waals surface area (Å²) in [5.74, 6) is -0.0567. The van der Waals surface area contributed by atoms with Crippen molar-refractivity contribution in [3.8, 4) is 5.75 Å². The topological polar surface area (TPSA) is 105 Å². The first kappa shape index (κ1) is 19.7. The van der Waals surface area contributed by atoms with Crippen molar-refractivity contribution in [1.82, 2.24) is 5.32 Å². The maximum Gasteiger partial charge on any atom is 0.263 e. The van der Waals surface area contributed by atoms with E-state index >= 15 is 0 Å². The number of sulfonamides is 1. The molecule has 0 aliphatic carbocycles. The summed E-state index contributed by atoms with van der Waals surface area (Å²) < 4.78 is 30.8. The number of ether oxygens (including phenoxy) is 1. The van der Waals surface area contributed by atoms with Gasteiger partial charge in [-0.1, -0.05) is 24.3 Å². The van der Waals surface area contributed by atoms with Crippen molar-refractivity contribution in [2.45, 2.75) is 19.6 Å². The highest BCUT2D eigenvalue weighted by Crippen LogP contribution is 2.33. The number of benzene rings is 2. The van der Waals surface area contributed by atoms with Crippen molar-refractivity contribution in [3.63, 3.8) is 0 Å². The standard InChI is InChI=1S/C19H21N3O5S/c1-13(23)22-12-18(27-17-9-4-3-8-16(17)22)19(24)20-11-14-6-5-7-15(10-14)21-28(2,25)26/h3-10,18,21H,11-12H2,1-2H3,(H,20,24)/t18-/m1/s1. The Balaban J connectivity index is 1.67. The molecule has 0 saturated heterocycles. The van der Waals surface area contributed by atoms with Crippen LogP contribution in [0.1, 0.15) is 12.5 Å². The third-order valence-corrected chi connectivity index (χ3v) is 4.75. The zero-order chi connectivity index (χ0) is 20.3. The van der Waals surface area contributed by atoms with Gasteiger partial charge in [0.15, 0.2) is 6.10 Å². The van der Waals surface area contributed by atoms with Crippen molar-refractivity contribution in [2.24, 2.45) is 0 Å². The van der Waals surface area contributed by atoms with Crippen molar-refractivity contribution in [3.05, 3.63) is 54.1 Å². The number of nitrogens with zero attached hydrogens (tertiary/aromatic N) is 1. The molecule has 0 spiro atoms. The molecule has 1 aliphatic heterocycles. The molecular weight excluding hydrogens is 382 g/mol. The Labute approximate surface area is 163 Å². The predicted molar refractivity (Wildman–Crippen MR) is 106 cm³/mol. The van der Waals surface area contributed by atoms with Crippen LogP contribution in [0.15, 0.2) is 48.5 Å². The Morgan fingerprint density at radius 1 is 1.18 bits per heavy atom. The molecule has 9 heteroatoms. The number of para-hydroxylation sites is 2. The van der Waals surface area contributed by atoms with E-state index in [-0.39, 0.29) is 24.9 Å². The largest absolute Gasteiger partial charge is 0.477 e. The number of nitrogens with one attached hydrogen (secondary N) is 2. The second kappa shape index (κ2) is 7.89. The van der Waals surface area contributed by atoms with E-state index < -0.39 is 16.1 Å². The highest BCUT2D eigenvalue weighted by Gasteiger charge is 2.32. The number of anilines is 2. The zero-order valence-electron chi connectivity index (χ0n) is 15.5. The SMILES string of the molecule is CC(=O)N1C[C@H](C(=O)NCc2cccc(NS(C)(=O)=O)c2)Oc2ccccc21. The smallest absolute Gasteiger partial charge is 0.263 e. The Hall–Kier alpha value is -3.07. The minimum Gasteiger partial charge on any atom is -0.477 e. The first-order valence-electron chi connectivity index (χ1n) is 8.61. The zero-order valence-corrected chi connectivity index (χ0v) is 16.3. The molecule has 2 aromatic carbocycles. The first-order chi connectivity index (χ1) is 13.2. The van der Waals surface area contributed by atoms with Gasteiger partial charge in [0.05, 0.1) is 18.5 Å². The molecule has 148 valence electrons. The molecule has 1 heterocycles. The maximum absolute atomic E-state index is 12.6. The Kier molecular flexibility index (Phi) is 5.55. The molecule has 0 unspecified atom stereocenters. The fraction of sp³-hybridized carbons (Fsp3) is 0.263. The monoisotopic (exact) mass is 403 g/mol. The van der Waals surface area contributed by atoms with E-state index in [1.165, 1.54) is 11.8 Å². The van der Waals surface area contributed by atoms with Gasteiger partial charge >= 0.3 is 0 Å². The number of carbonyl (C=O) groups is 2. The fourth-order valence-corrected chi connectivity index (χ4v) is 3.49. The van der Waals surface area contributed by atoms with Crippen LogP contribution in [0, 0.1) is 0 Å². The molecule has 0 radical (unpaired) electrons. The first-order valence-corrected chi connectivity index (χ1v) is 10.5. The number of rotatable bonds is 5. The molecule has 2 N–H and O–H groups in total. The molecule has 0 fully saturated rings. The molecule has 3 rings (SSSR count). The van der Waals surface area contributed by atoms with E-state index in [4.69, 9.17) is 4.74 Å². The third kappa shape index (κ3) is 4.80. The number of carbonyl (C=O) groups excluding carboxylic acids is 2. The van der Waals surface area contributed by atoms with Crippen LogP contribution in [0.4, 0.5) is 11.4 Å². The fourth-order valence-electron chi connectivity index (χ4n) is 2.93. The molecule has 0 aromatic heterocycles. The highest BCUT2D eigenvalue weighted by molar-refractivity contribution is 7.92. The Bertz CT molecular complexity index is 1010. The maximum atomic E-state index is 12.6. The van der Waals surface area contributed by atoms with Crippen LogP contribution in [0.5, 0.6) is 5.75 Å². The molecule has 0 bridgehead atoms. The van der Waals surface area contributed by atoms with Gasteiger partial charge in [0.2, 0.25) is 15.9 Å². The summed E-state index contributed by atoms with van der Waals surface area (Å²) in [6, 6.07) is 13.8. The van der Waals surface area contributed by atoms with Gasteiger partial charge in [-0.15, -0.1) is 0 Å². The molecule has 8 nitrogen and oxygen atoms in total. The van der Waals surface area contributed by atoms with E-state index in [1.54, 1.807) is 48.5 Å². The molecule has 2 amide bonds. The van der Waals surface area contributed by atoms with Crippen molar-refractivity contribution in [1.29, 1.82) is 0 Å². The van der Waals surface area contributed by atoms with Crippen LogP contribution in [-0.4, -0.2) is 39.1 Å². The average Bonchev–Trinajstić information content (AvgIpc) is 2.64. The Morgan fingerprint density at radius 3 is 2.64 bits per heavy atom. The summed E-state index contributed by atoms with van der Waals surface area (Å²) >= 11 is 0. The predicted octanol–water partition coefficient (Wildman–Crippen LogP) is 1.49. The van der Waals surface area contributed by atoms with Crippen molar-refractivity contribution >= 4 is 33.2 Å². The summed E-state index contributed by atoms with van der Waals surface area (Å²) in [6.45, 7) is 1.75. The van der Waals surface area contributed by atoms with E-state index in [9.17, 15) is 18.0 Å². The summed E-state index contributed by atoms with van der Waals surface area (Å²) in [4.78, 5) is 26.0. The second-order valence-electron chi connectivity index (χ2n) is 6.50. The minimum atomic E-state index is -3.38. The average molecular weight is 403 g/mol. The van der Waals surface area contributed by atoms with Crippen LogP contribution in [0.25, 0.3) is 0 Å². The minimum absolute atomic E-state index is 0.119. The molecule has 1 atom stereocenters. The quantitative estimate of drug-likeness (QED) is 0.787. The normalized spacial score (nSPS) is 15.9. The Morgan fingerprint density at radius 2 is 1.93 bits per heavy atom. The highest BCUT2D eigenvalue weighted by atomic mass is 32.2. The number of hydrogen-bond donors (Lipinski definition) is 2. The van der Waals surface area contributed by atoms with Gasteiger partial charge in [-0.05, 0) is 29.8 Å². The summed E-state index contributed by atoms with van der Waals surface area (Å²) in [5.41, 5.74) is 1.78. The van der Waals surface area contributed by atoms with Crippen LogP contribution in [0.3, 0.4) is 0 Å². The van der Waals surface area contributed by atoms with Gasteiger partial charge in [-0.2, -0.15) is 0 Å². The summed E-state index contributed by atoms with van der Waals surface area (Å²) in [5, 5.41) is 2.77. The molecule has 0 saturated carbocycles. The molecule has 28 heavy (non-hydrogen) atoms. The van der Waals surface area contributed by atoms with Gasteiger partial charge < -0.3 is 15.0 Å². The lowest BCUT2D eigenvalue weighted by Crippen LogP contribution is -2.50. The van der Waals surface area contributed by atoms with Crippen LogP contribution < -0.4 is 19.7 Å². The van der Waals surface area contributed by atoms with Gasteiger partial charge in [-0.25, -0.2) is 8.42 Å². The van der Waals surface area contributed by atoms with Gasteiger partial charge in [0.25, 0.3) is 5.91 Å². The lowest BCUT2D eigenvalue weighted by Gasteiger charge is -2.33. The number of amides is 2. The number of hydrogen-bond acceptors (Lipinski definition) is 5. The lowest BCUT2D eigenvalue weighted by atomic mass is 10.1. The molecule has 1 aliphatic rings. The number of fused-ring (bicyclic) bond motifs is 1. The van der Waals surface area contributed by atoms with E-state index in [2.05, 4.69) is 10.0 Å². The van der Waals surface area contributed by atoms with Crippen LogP contribution in [0.2, 0.25) is 0 Å². The van der Waals surface area contributed by atoms with Gasteiger partial charge in [0.1, 0.15) is 5.75 Å². The third-order valence-electron chi connectivity index (χ3n) is 4.14. The van der Waals surface area contributed by atoms with Crippen molar-refractivity contribution in [2.75, 3.05) is 22.4 Å². The van der Waals surface area contributed by atoms with Gasteiger partial charge in [0, 0.05) is 19.2 Å². The van der Waals surface area contributed by atoms with E-state index in [1.807, 2.05) is 0 Å². The van der Waals surface area contributed by atoms with Crippen LogP contribution in [-0.2, 0) is 26.2 Å². The second-order valence-corrected chi connectivity index (χ2v) is 8.24. The van der Waals surface area contributed by atoms with Crippen LogP contribution >= 0.6 is 0 Å².